The van der Waals surface area contributed by atoms with Gasteiger partial charge in [0.25, 0.3) is 0 Å². The Hall–Kier alpha value is -2.02. The summed E-state index contributed by atoms with van der Waals surface area (Å²) in [6.45, 7) is 3.21. The monoisotopic (exact) mass is 245 g/mol. The summed E-state index contributed by atoms with van der Waals surface area (Å²) in [6.07, 6.45) is 0.956. The van der Waals surface area contributed by atoms with E-state index in [1.807, 2.05) is 23.1 Å². The first kappa shape index (κ1) is 14.0. The zero-order chi connectivity index (χ0) is 13.5. The van der Waals surface area contributed by atoms with Crippen LogP contribution in [0, 0.1) is 11.3 Å². The Bertz CT molecular complexity index is 449. The Morgan fingerprint density at radius 2 is 2.11 bits per heavy atom. The van der Waals surface area contributed by atoms with Gasteiger partial charge in [0.1, 0.15) is 0 Å². The molecule has 0 bridgehead atoms. The number of likely N-dealkylation sites (N-methyl/N-ethyl adjacent to an activating group) is 1. The van der Waals surface area contributed by atoms with E-state index < -0.39 is 0 Å². The molecule has 0 fully saturated rings. The standard InChI is InChI=1S/C14H19N3O/c1-4-8-17(11-14(18)16(2)3)13-7-5-6-12(9-13)10-15/h5-7,9H,4,8,11H2,1-3H3. The average molecular weight is 245 g/mol. The highest BCUT2D eigenvalue weighted by atomic mass is 16.2. The normalized spacial score (nSPS) is 9.67. The lowest BCUT2D eigenvalue weighted by Gasteiger charge is -2.25. The third kappa shape index (κ3) is 3.77. The highest BCUT2D eigenvalue weighted by Crippen LogP contribution is 2.16. The van der Waals surface area contributed by atoms with Crippen LogP contribution in [0.15, 0.2) is 24.3 Å². The molecule has 1 amide bonds. The summed E-state index contributed by atoms with van der Waals surface area (Å²) in [7, 11) is 3.50. The Balaban J connectivity index is 2.90. The first-order chi connectivity index (χ1) is 8.58. The molecule has 0 heterocycles. The van der Waals surface area contributed by atoms with Gasteiger partial charge in [-0.15, -0.1) is 0 Å². The minimum Gasteiger partial charge on any atom is -0.362 e. The van der Waals surface area contributed by atoms with Gasteiger partial charge in [0, 0.05) is 26.3 Å². The van der Waals surface area contributed by atoms with Crippen molar-refractivity contribution in [2.45, 2.75) is 13.3 Å². The number of anilines is 1. The lowest BCUT2D eigenvalue weighted by atomic mass is 10.2. The molecule has 0 unspecified atom stereocenters. The van der Waals surface area contributed by atoms with Gasteiger partial charge in [-0.3, -0.25) is 4.79 Å². The Kier molecular flexibility index (Phi) is 5.19. The fraction of sp³-hybridized carbons (Fsp3) is 0.429. The minimum absolute atomic E-state index is 0.0609. The Labute approximate surface area is 108 Å². The highest BCUT2D eigenvalue weighted by molar-refractivity contribution is 5.81. The van der Waals surface area contributed by atoms with Gasteiger partial charge >= 0.3 is 0 Å². The van der Waals surface area contributed by atoms with E-state index in [-0.39, 0.29) is 5.91 Å². The van der Waals surface area contributed by atoms with E-state index in [9.17, 15) is 4.79 Å². The number of hydrogen-bond donors (Lipinski definition) is 0. The zero-order valence-electron chi connectivity index (χ0n) is 11.2. The molecular weight excluding hydrogens is 226 g/mol. The van der Waals surface area contributed by atoms with Crippen molar-refractivity contribution in [2.75, 3.05) is 32.1 Å². The average Bonchev–Trinajstić information content (AvgIpc) is 2.38. The van der Waals surface area contributed by atoms with Crippen LogP contribution in [-0.4, -0.2) is 38.0 Å². The van der Waals surface area contributed by atoms with Gasteiger partial charge in [-0.25, -0.2) is 0 Å². The molecule has 0 aliphatic heterocycles. The lowest BCUT2D eigenvalue weighted by molar-refractivity contribution is -0.127. The SMILES string of the molecule is CCCN(CC(=O)N(C)C)c1cccc(C#N)c1. The molecule has 1 aromatic carbocycles. The third-order valence-corrected chi connectivity index (χ3v) is 2.66. The number of nitrogens with zero attached hydrogens (tertiary/aromatic N) is 3. The molecule has 0 saturated heterocycles. The van der Waals surface area contributed by atoms with E-state index in [0.29, 0.717) is 12.1 Å². The van der Waals surface area contributed by atoms with Crippen LogP contribution in [0.4, 0.5) is 5.69 Å². The van der Waals surface area contributed by atoms with Crippen molar-refractivity contribution < 1.29 is 4.79 Å². The molecular formula is C14H19N3O. The van der Waals surface area contributed by atoms with Gasteiger partial charge in [-0.2, -0.15) is 5.26 Å². The maximum Gasteiger partial charge on any atom is 0.241 e. The van der Waals surface area contributed by atoms with E-state index in [0.717, 1.165) is 18.7 Å². The molecule has 0 aliphatic rings. The topological polar surface area (TPSA) is 47.3 Å². The number of nitriles is 1. The van der Waals surface area contributed by atoms with Crippen LogP contribution >= 0.6 is 0 Å². The summed E-state index contributed by atoms with van der Waals surface area (Å²) in [4.78, 5) is 15.4. The maximum atomic E-state index is 11.8. The van der Waals surface area contributed by atoms with Crippen molar-refractivity contribution >= 4 is 11.6 Å². The van der Waals surface area contributed by atoms with E-state index in [4.69, 9.17) is 5.26 Å². The number of carbonyl (C=O) groups is 1. The molecule has 96 valence electrons. The number of amides is 1. The predicted molar refractivity (Wildman–Crippen MR) is 72.4 cm³/mol. The fourth-order valence-electron chi connectivity index (χ4n) is 1.65. The van der Waals surface area contributed by atoms with E-state index >= 15 is 0 Å². The van der Waals surface area contributed by atoms with Crippen molar-refractivity contribution in [2.24, 2.45) is 0 Å². The van der Waals surface area contributed by atoms with Crippen LogP contribution < -0.4 is 4.90 Å². The Morgan fingerprint density at radius 3 is 2.67 bits per heavy atom. The number of hydrogen-bond acceptors (Lipinski definition) is 3. The van der Waals surface area contributed by atoms with Crippen LogP contribution in [0.5, 0.6) is 0 Å². The van der Waals surface area contributed by atoms with E-state index in [1.54, 1.807) is 25.1 Å². The molecule has 0 saturated carbocycles. The molecule has 0 N–H and O–H groups in total. The van der Waals surface area contributed by atoms with E-state index in [1.165, 1.54) is 0 Å². The minimum atomic E-state index is 0.0609. The summed E-state index contributed by atoms with van der Waals surface area (Å²) >= 11 is 0. The summed E-state index contributed by atoms with van der Waals surface area (Å²) in [6, 6.07) is 9.48. The molecule has 0 spiro atoms. The summed E-state index contributed by atoms with van der Waals surface area (Å²) in [5, 5.41) is 8.90. The van der Waals surface area contributed by atoms with Crippen LogP contribution in [-0.2, 0) is 4.79 Å². The van der Waals surface area contributed by atoms with Crippen LogP contribution in [0.1, 0.15) is 18.9 Å². The van der Waals surface area contributed by atoms with Gasteiger partial charge in [0.2, 0.25) is 5.91 Å². The van der Waals surface area contributed by atoms with Crippen molar-refractivity contribution in [3.63, 3.8) is 0 Å². The van der Waals surface area contributed by atoms with Crippen LogP contribution in [0.2, 0.25) is 0 Å². The predicted octanol–water partition coefficient (Wildman–Crippen LogP) is 1.86. The van der Waals surface area contributed by atoms with Gasteiger partial charge in [0.15, 0.2) is 0 Å². The smallest absolute Gasteiger partial charge is 0.241 e. The number of carbonyl (C=O) groups excluding carboxylic acids is 1. The van der Waals surface area contributed by atoms with Gasteiger partial charge in [-0.1, -0.05) is 13.0 Å². The zero-order valence-corrected chi connectivity index (χ0v) is 11.2. The molecule has 0 atom stereocenters. The van der Waals surface area contributed by atoms with Crippen molar-refractivity contribution in [1.82, 2.24) is 4.90 Å². The van der Waals surface area contributed by atoms with Crippen molar-refractivity contribution in [3.8, 4) is 6.07 Å². The largest absolute Gasteiger partial charge is 0.362 e. The Morgan fingerprint density at radius 1 is 1.39 bits per heavy atom. The second-order valence-corrected chi connectivity index (χ2v) is 4.37. The molecule has 0 radical (unpaired) electrons. The van der Waals surface area contributed by atoms with Crippen molar-refractivity contribution in [1.29, 1.82) is 5.26 Å². The third-order valence-electron chi connectivity index (χ3n) is 2.66. The quantitative estimate of drug-likeness (QED) is 0.795. The van der Waals surface area contributed by atoms with Crippen molar-refractivity contribution in [3.05, 3.63) is 29.8 Å². The van der Waals surface area contributed by atoms with Crippen LogP contribution in [0.3, 0.4) is 0 Å². The molecule has 0 aromatic heterocycles. The molecule has 4 heteroatoms. The highest BCUT2D eigenvalue weighted by Gasteiger charge is 2.12. The van der Waals surface area contributed by atoms with E-state index in [2.05, 4.69) is 13.0 Å². The lowest BCUT2D eigenvalue weighted by Crippen LogP contribution is -2.37. The first-order valence-corrected chi connectivity index (χ1v) is 6.03. The molecule has 4 nitrogen and oxygen atoms in total. The summed E-state index contributed by atoms with van der Waals surface area (Å²) in [5.41, 5.74) is 1.54. The molecule has 18 heavy (non-hydrogen) atoms. The molecule has 0 aliphatic carbocycles. The maximum absolute atomic E-state index is 11.8. The van der Waals surface area contributed by atoms with Gasteiger partial charge < -0.3 is 9.80 Å². The summed E-state index contributed by atoms with van der Waals surface area (Å²) in [5.74, 6) is 0.0609. The first-order valence-electron chi connectivity index (χ1n) is 6.03. The van der Waals surface area contributed by atoms with Gasteiger partial charge in [0.05, 0.1) is 18.2 Å². The second kappa shape index (κ2) is 6.65. The fourth-order valence-corrected chi connectivity index (χ4v) is 1.65. The molecule has 1 rings (SSSR count). The number of benzene rings is 1. The summed E-state index contributed by atoms with van der Waals surface area (Å²) < 4.78 is 0. The van der Waals surface area contributed by atoms with Gasteiger partial charge in [-0.05, 0) is 24.6 Å². The second-order valence-electron chi connectivity index (χ2n) is 4.37. The molecule has 1 aromatic rings. The number of rotatable bonds is 5. The van der Waals surface area contributed by atoms with Crippen LogP contribution in [0.25, 0.3) is 0 Å².